The highest BCUT2D eigenvalue weighted by molar-refractivity contribution is 5.79. The molecule has 0 radical (unpaired) electrons. The molecular formula is C18H32N2O. The summed E-state index contributed by atoms with van der Waals surface area (Å²) in [5.74, 6) is 3.03. The smallest absolute Gasteiger partial charge is 0.225 e. The van der Waals surface area contributed by atoms with E-state index in [1.54, 1.807) is 0 Å². The standard InChI is InChI=1S/C18H32N2O/c1-13-10-11-20(17-5-3-2-4-16(13)17)18(21)15-8-6-14(12-19)7-9-15/h13-17H,2-12,19H2,1H3. The van der Waals surface area contributed by atoms with Crippen molar-refractivity contribution in [1.82, 2.24) is 4.90 Å². The number of rotatable bonds is 2. The molecule has 3 fully saturated rings. The zero-order valence-corrected chi connectivity index (χ0v) is 13.6. The number of amides is 1. The first-order valence-corrected chi connectivity index (χ1v) is 9.21. The Morgan fingerprint density at radius 1 is 1.05 bits per heavy atom. The van der Waals surface area contributed by atoms with E-state index in [0.717, 1.165) is 50.6 Å². The number of carbonyl (C=O) groups excluding carboxylic acids is 1. The molecule has 3 aliphatic rings. The molecule has 1 saturated heterocycles. The summed E-state index contributed by atoms with van der Waals surface area (Å²) in [6.45, 7) is 4.21. The molecule has 21 heavy (non-hydrogen) atoms. The molecule has 2 aliphatic carbocycles. The van der Waals surface area contributed by atoms with Crippen molar-refractivity contribution in [2.75, 3.05) is 13.1 Å². The van der Waals surface area contributed by atoms with E-state index < -0.39 is 0 Å². The number of likely N-dealkylation sites (tertiary alicyclic amines) is 1. The molecule has 2 N–H and O–H groups in total. The van der Waals surface area contributed by atoms with Crippen molar-refractivity contribution in [3.05, 3.63) is 0 Å². The lowest BCUT2D eigenvalue weighted by Crippen LogP contribution is -2.54. The molecule has 1 amide bonds. The van der Waals surface area contributed by atoms with Crippen LogP contribution in [0.2, 0.25) is 0 Å². The SMILES string of the molecule is CC1CCN(C(=O)C2CCC(CN)CC2)C2CCCCC12. The van der Waals surface area contributed by atoms with Gasteiger partial charge in [-0.2, -0.15) is 0 Å². The molecule has 1 aliphatic heterocycles. The van der Waals surface area contributed by atoms with Crippen LogP contribution in [-0.4, -0.2) is 29.9 Å². The van der Waals surface area contributed by atoms with E-state index in [4.69, 9.17) is 5.73 Å². The summed E-state index contributed by atoms with van der Waals surface area (Å²) >= 11 is 0. The number of hydrogen-bond donors (Lipinski definition) is 1. The fraction of sp³-hybridized carbons (Fsp3) is 0.944. The maximum Gasteiger partial charge on any atom is 0.225 e. The van der Waals surface area contributed by atoms with Crippen molar-refractivity contribution in [1.29, 1.82) is 0 Å². The molecule has 3 rings (SSSR count). The Labute approximate surface area is 129 Å². The van der Waals surface area contributed by atoms with Gasteiger partial charge in [0.2, 0.25) is 5.91 Å². The molecule has 2 saturated carbocycles. The predicted molar refractivity (Wildman–Crippen MR) is 85.7 cm³/mol. The molecular weight excluding hydrogens is 260 g/mol. The lowest BCUT2D eigenvalue weighted by atomic mass is 9.72. The number of nitrogens with zero attached hydrogens (tertiary/aromatic N) is 1. The molecule has 0 aromatic heterocycles. The van der Waals surface area contributed by atoms with Crippen molar-refractivity contribution in [3.63, 3.8) is 0 Å². The maximum atomic E-state index is 13.0. The number of nitrogens with two attached hydrogens (primary N) is 1. The number of carbonyl (C=O) groups is 1. The van der Waals surface area contributed by atoms with Gasteiger partial charge in [0.25, 0.3) is 0 Å². The van der Waals surface area contributed by atoms with E-state index in [0.29, 0.717) is 23.8 Å². The summed E-state index contributed by atoms with van der Waals surface area (Å²) < 4.78 is 0. The van der Waals surface area contributed by atoms with Crippen molar-refractivity contribution >= 4 is 5.91 Å². The van der Waals surface area contributed by atoms with Crippen LogP contribution in [0.5, 0.6) is 0 Å². The zero-order chi connectivity index (χ0) is 14.8. The highest BCUT2D eigenvalue weighted by atomic mass is 16.2. The van der Waals surface area contributed by atoms with Gasteiger partial charge in [0.05, 0.1) is 0 Å². The second-order valence-corrected chi connectivity index (χ2v) is 7.77. The van der Waals surface area contributed by atoms with E-state index in [1.807, 2.05) is 0 Å². The summed E-state index contributed by atoms with van der Waals surface area (Å²) in [5.41, 5.74) is 5.77. The molecule has 3 nitrogen and oxygen atoms in total. The van der Waals surface area contributed by atoms with Gasteiger partial charge in [-0.05, 0) is 69.2 Å². The molecule has 3 heteroatoms. The Morgan fingerprint density at radius 3 is 2.48 bits per heavy atom. The monoisotopic (exact) mass is 292 g/mol. The molecule has 0 aromatic carbocycles. The topological polar surface area (TPSA) is 46.3 Å². The third-order valence-corrected chi connectivity index (χ3v) is 6.55. The molecule has 3 atom stereocenters. The highest BCUT2D eigenvalue weighted by Crippen LogP contribution is 2.40. The highest BCUT2D eigenvalue weighted by Gasteiger charge is 2.41. The van der Waals surface area contributed by atoms with Crippen LogP contribution in [0.1, 0.15) is 64.7 Å². The van der Waals surface area contributed by atoms with Crippen LogP contribution in [-0.2, 0) is 4.79 Å². The van der Waals surface area contributed by atoms with Gasteiger partial charge in [-0.1, -0.05) is 19.8 Å². The van der Waals surface area contributed by atoms with E-state index in [1.165, 1.54) is 32.1 Å². The van der Waals surface area contributed by atoms with Crippen LogP contribution in [0.4, 0.5) is 0 Å². The first-order chi connectivity index (χ1) is 10.2. The van der Waals surface area contributed by atoms with Gasteiger partial charge >= 0.3 is 0 Å². The van der Waals surface area contributed by atoms with E-state index >= 15 is 0 Å². The van der Waals surface area contributed by atoms with Crippen molar-refractivity contribution in [3.8, 4) is 0 Å². The van der Waals surface area contributed by atoms with Crippen LogP contribution in [0.15, 0.2) is 0 Å². The summed E-state index contributed by atoms with van der Waals surface area (Å²) in [6, 6.07) is 0.558. The Bertz CT molecular complexity index is 362. The average molecular weight is 292 g/mol. The third-order valence-electron chi connectivity index (χ3n) is 6.55. The van der Waals surface area contributed by atoms with Gasteiger partial charge in [-0.25, -0.2) is 0 Å². The van der Waals surface area contributed by atoms with E-state index in [9.17, 15) is 4.79 Å². The minimum absolute atomic E-state index is 0.295. The van der Waals surface area contributed by atoms with Crippen LogP contribution >= 0.6 is 0 Å². The van der Waals surface area contributed by atoms with Gasteiger partial charge in [-0.15, -0.1) is 0 Å². The van der Waals surface area contributed by atoms with Gasteiger partial charge in [0, 0.05) is 18.5 Å². The minimum atomic E-state index is 0.295. The predicted octanol–water partition coefficient (Wildman–Crippen LogP) is 3.18. The molecule has 1 heterocycles. The quantitative estimate of drug-likeness (QED) is 0.849. The first-order valence-electron chi connectivity index (χ1n) is 9.21. The van der Waals surface area contributed by atoms with Crippen LogP contribution in [0.25, 0.3) is 0 Å². The first kappa shape index (κ1) is 15.3. The van der Waals surface area contributed by atoms with Gasteiger partial charge in [0.1, 0.15) is 0 Å². The maximum absolute atomic E-state index is 13.0. The second-order valence-electron chi connectivity index (χ2n) is 7.77. The number of fused-ring (bicyclic) bond motifs is 1. The van der Waals surface area contributed by atoms with E-state index in [2.05, 4.69) is 11.8 Å². The molecule has 0 aromatic rings. The summed E-state index contributed by atoms with van der Waals surface area (Å²) in [7, 11) is 0. The van der Waals surface area contributed by atoms with Crippen LogP contribution in [0, 0.1) is 23.7 Å². The van der Waals surface area contributed by atoms with Crippen molar-refractivity contribution in [2.45, 2.75) is 70.8 Å². The normalized spacial score (nSPS) is 40.7. The van der Waals surface area contributed by atoms with Gasteiger partial charge in [-0.3, -0.25) is 4.79 Å². The fourth-order valence-electron chi connectivity index (χ4n) is 5.07. The lowest BCUT2D eigenvalue weighted by Gasteiger charge is -2.48. The summed E-state index contributed by atoms with van der Waals surface area (Å²) in [5, 5.41) is 0. The Hall–Kier alpha value is -0.570. The van der Waals surface area contributed by atoms with Crippen molar-refractivity contribution < 1.29 is 4.79 Å². The number of piperidine rings is 1. The molecule has 0 bridgehead atoms. The third kappa shape index (κ3) is 3.13. The Morgan fingerprint density at radius 2 is 1.76 bits per heavy atom. The van der Waals surface area contributed by atoms with Crippen LogP contribution in [0.3, 0.4) is 0 Å². The summed E-state index contributed by atoms with van der Waals surface area (Å²) in [6.07, 6.45) is 11.0. The molecule has 3 unspecified atom stereocenters. The van der Waals surface area contributed by atoms with Gasteiger partial charge < -0.3 is 10.6 Å². The Balaban J connectivity index is 1.64. The fourth-order valence-corrected chi connectivity index (χ4v) is 5.07. The zero-order valence-electron chi connectivity index (χ0n) is 13.6. The molecule has 120 valence electrons. The average Bonchev–Trinajstić information content (AvgIpc) is 2.55. The summed E-state index contributed by atoms with van der Waals surface area (Å²) in [4.78, 5) is 15.3. The van der Waals surface area contributed by atoms with Crippen LogP contribution < -0.4 is 5.73 Å². The minimum Gasteiger partial charge on any atom is -0.339 e. The Kier molecular flexibility index (Phi) is 4.88. The van der Waals surface area contributed by atoms with E-state index in [-0.39, 0.29) is 0 Å². The number of hydrogen-bond acceptors (Lipinski definition) is 2. The lowest BCUT2D eigenvalue weighted by molar-refractivity contribution is -0.144. The second kappa shape index (κ2) is 6.68. The molecule has 0 spiro atoms. The largest absolute Gasteiger partial charge is 0.339 e. The van der Waals surface area contributed by atoms with Gasteiger partial charge in [0.15, 0.2) is 0 Å². The van der Waals surface area contributed by atoms with Crippen molar-refractivity contribution in [2.24, 2.45) is 29.4 Å².